The van der Waals surface area contributed by atoms with Crippen molar-refractivity contribution in [2.45, 2.75) is 44.9 Å². The number of thiophene rings is 1. The van der Waals surface area contributed by atoms with Crippen LogP contribution in [0, 0.1) is 5.92 Å². The highest BCUT2D eigenvalue weighted by Gasteiger charge is 2.30. The summed E-state index contributed by atoms with van der Waals surface area (Å²) < 4.78 is 38.5. The van der Waals surface area contributed by atoms with Crippen LogP contribution in [0.15, 0.2) is 42.7 Å². The third-order valence-corrected chi connectivity index (χ3v) is 6.63. The highest BCUT2D eigenvalue weighted by Crippen LogP contribution is 2.34. The van der Waals surface area contributed by atoms with Crippen LogP contribution < -0.4 is 10.2 Å². The van der Waals surface area contributed by atoms with Crippen LogP contribution in [0.1, 0.15) is 30.2 Å². The maximum atomic E-state index is 12.8. The van der Waals surface area contributed by atoms with Crippen LogP contribution in [0.25, 0.3) is 10.2 Å². The lowest BCUT2D eigenvalue weighted by molar-refractivity contribution is -0.126. The molecule has 0 amide bonds. The first kappa shape index (κ1) is 21.1. The normalized spacial score (nSPS) is 20.5. The third-order valence-electron chi connectivity index (χ3n) is 5.58. The minimum Gasteiger partial charge on any atom is -0.356 e. The van der Waals surface area contributed by atoms with Gasteiger partial charge >= 0.3 is 6.18 Å². The van der Waals surface area contributed by atoms with Crippen molar-refractivity contribution in [3.8, 4) is 0 Å². The zero-order chi connectivity index (χ0) is 21.1. The SMILES string of the molecule is CC1CN(c2ncnc3sc(CC(F)(F)F)cc23)CCCC1NCc1ccccc1. The average Bonchev–Trinajstić information content (AvgIpc) is 3.01. The van der Waals surface area contributed by atoms with Crippen LogP contribution >= 0.6 is 11.3 Å². The average molecular weight is 435 g/mol. The van der Waals surface area contributed by atoms with E-state index in [0.29, 0.717) is 16.8 Å². The lowest BCUT2D eigenvalue weighted by Gasteiger charge is -2.27. The molecule has 3 heterocycles. The third kappa shape index (κ3) is 5.10. The van der Waals surface area contributed by atoms with Gasteiger partial charge in [-0.05, 0) is 30.4 Å². The molecule has 1 fully saturated rings. The van der Waals surface area contributed by atoms with Gasteiger partial charge in [-0.2, -0.15) is 13.2 Å². The Kier molecular flexibility index (Phi) is 6.24. The Balaban J connectivity index is 1.48. The summed E-state index contributed by atoms with van der Waals surface area (Å²) in [5.74, 6) is 1.13. The highest BCUT2D eigenvalue weighted by atomic mass is 32.1. The summed E-state index contributed by atoms with van der Waals surface area (Å²) in [4.78, 5) is 11.8. The summed E-state index contributed by atoms with van der Waals surface area (Å²) in [6.07, 6.45) is -1.62. The largest absolute Gasteiger partial charge is 0.393 e. The molecule has 0 bridgehead atoms. The maximum absolute atomic E-state index is 12.8. The minimum atomic E-state index is -4.22. The van der Waals surface area contributed by atoms with Crippen LogP contribution in [0.5, 0.6) is 0 Å². The van der Waals surface area contributed by atoms with Crippen molar-refractivity contribution < 1.29 is 13.2 Å². The fraction of sp³-hybridized carbons (Fsp3) is 0.455. The van der Waals surface area contributed by atoms with Gasteiger partial charge in [-0.25, -0.2) is 9.97 Å². The first-order chi connectivity index (χ1) is 14.4. The van der Waals surface area contributed by atoms with Crippen molar-refractivity contribution in [2.75, 3.05) is 18.0 Å². The Hall–Kier alpha value is -2.19. The molecule has 2 aromatic heterocycles. The molecule has 4 rings (SSSR count). The van der Waals surface area contributed by atoms with E-state index in [1.165, 1.54) is 11.9 Å². The Morgan fingerprint density at radius 1 is 1.20 bits per heavy atom. The van der Waals surface area contributed by atoms with Gasteiger partial charge < -0.3 is 10.2 Å². The van der Waals surface area contributed by atoms with E-state index in [0.717, 1.165) is 55.0 Å². The summed E-state index contributed by atoms with van der Waals surface area (Å²) >= 11 is 1.10. The van der Waals surface area contributed by atoms with Crippen LogP contribution in [0.3, 0.4) is 0 Å². The van der Waals surface area contributed by atoms with Crippen molar-refractivity contribution in [3.05, 3.63) is 53.2 Å². The molecule has 1 aliphatic rings. The van der Waals surface area contributed by atoms with Crippen LogP contribution in [0.4, 0.5) is 19.0 Å². The van der Waals surface area contributed by atoms with Gasteiger partial charge in [-0.1, -0.05) is 37.3 Å². The van der Waals surface area contributed by atoms with E-state index in [9.17, 15) is 13.2 Å². The Bertz CT molecular complexity index is 973. The van der Waals surface area contributed by atoms with E-state index in [4.69, 9.17) is 0 Å². The number of anilines is 1. The number of nitrogens with one attached hydrogen (secondary N) is 1. The molecule has 4 nitrogen and oxygen atoms in total. The van der Waals surface area contributed by atoms with E-state index in [1.54, 1.807) is 6.07 Å². The number of halogens is 3. The van der Waals surface area contributed by atoms with Crippen molar-refractivity contribution in [3.63, 3.8) is 0 Å². The van der Waals surface area contributed by atoms with Gasteiger partial charge in [0, 0.05) is 30.6 Å². The number of fused-ring (bicyclic) bond motifs is 1. The molecular weight excluding hydrogens is 409 g/mol. The Labute approximate surface area is 178 Å². The van der Waals surface area contributed by atoms with E-state index in [2.05, 4.69) is 39.2 Å². The summed E-state index contributed by atoms with van der Waals surface area (Å²) in [5.41, 5.74) is 1.26. The van der Waals surface area contributed by atoms with E-state index in [-0.39, 0.29) is 4.88 Å². The summed E-state index contributed by atoms with van der Waals surface area (Å²) in [6.45, 7) is 4.70. The predicted octanol–water partition coefficient (Wildman–Crippen LogP) is 5.19. The van der Waals surface area contributed by atoms with Crippen LogP contribution in [0.2, 0.25) is 0 Å². The highest BCUT2D eigenvalue weighted by molar-refractivity contribution is 7.18. The fourth-order valence-electron chi connectivity index (χ4n) is 4.12. The molecule has 1 saturated heterocycles. The molecule has 0 aliphatic carbocycles. The predicted molar refractivity (Wildman–Crippen MR) is 115 cm³/mol. The molecule has 1 aromatic carbocycles. The number of benzene rings is 1. The lowest BCUT2D eigenvalue weighted by Crippen LogP contribution is -2.38. The second-order valence-electron chi connectivity index (χ2n) is 7.96. The molecular formula is C22H25F3N4S. The summed E-state index contributed by atoms with van der Waals surface area (Å²) in [5, 5.41) is 4.41. The van der Waals surface area contributed by atoms with Crippen molar-refractivity contribution in [1.29, 1.82) is 0 Å². The maximum Gasteiger partial charge on any atom is 0.393 e. The first-order valence-corrected chi connectivity index (χ1v) is 11.0. The Morgan fingerprint density at radius 2 is 2.00 bits per heavy atom. The number of nitrogens with zero attached hydrogens (tertiary/aromatic N) is 3. The number of aromatic nitrogens is 2. The number of rotatable bonds is 5. The van der Waals surface area contributed by atoms with Crippen LogP contribution in [-0.4, -0.2) is 35.3 Å². The second-order valence-corrected chi connectivity index (χ2v) is 9.07. The molecule has 2 unspecified atom stereocenters. The van der Waals surface area contributed by atoms with Gasteiger partial charge in [0.25, 0.3) is 0 Å². The number of alkyl halides is 3. The van der Waals surface area contributed by atoms with E-state index < -0.39 is 12.6 Å². The first-order valence-electron chi connectivity index (χ1n) is 10.2. The molecule has 1 aliphatic heterocycles. The van der Waals surface area contributed by atoms with Crippen molar-refractivity contribution in [2.24, 2.45) is 5.92 Å². The minimum absolute atomic E-state index is 0.282. The zero-order valence-corrected chi connectivity index (χ0v) is 17.6. The summed E-state index contributed by atoms with van der Waals surface area (Å²) in [6, 6.07) is 12.3. The number of hydrogen-bond acceptors (Lipinski definition) is 5. The zero-order valence-electron chi connectivity index (χ0n) is 16.8. The van der Waals surface area contributed by atoms with E-state index in [1.807, 2.05) is 18.2 Å². The van der Waals surface area contributed by atoms with Gasteiger partial charge in [0.2, 0.25) is 0 Å². The van der Waals surface area contributed by atoms with Gasteiger partial charge in [-0.15, -0.1) is 11.3 Å². The fourth-order valence-corrected chi connectivity index (χ4v) is 5.14. The van der Waals surface area contributed by atoms with Crippen molar-refractivity contribution in [1.82, 2.24) is 15.3 Å². The molecule has 30 heavy (non-hydrogen) atoms. The number of hydrogen-bond donors (Lipinski definition) is 1. The van der Waals surface area contributed by atoms with Gasteiger partial charge in [-0.3, -0.25) is 0 Å². The molecule has 0 saturated carbocycles. The standard InChI is InChI=1S/C22H25F3N4S/c1-15-13-29(9-5-8-19(15)26-12-16-6-3-2-4-7-16)20-18-10-17(11-22(23,24)25)30-21(18)28-14-27-20/h2-4,6-7,10,14-15,19,26H,5,8-9,11-13H2,1H3. The molecule has 2 atom stereocenters. The molecule has 0 spiro atoms. The van der Waals surface area contributed by atoms with Crippen LogP contribution in [-0.2, 0) is 13.0 Å². The summed E-state index contributed by atoms with van der Waals surface area (Å²) in [7, 11) is 0. The molecule has 0 radical (unpaired) electrons. The second kappa shape index (κ2) is 8.89. The smallest absolute Gasteiger partial charge is 0.356 e. The topological polar surface area (TPSA) is 41.1 Å². The molecule has 160 valence electrons. The van der Waals surface area contributed by atoms with Gasteiger partial charge in [0.1, 0.15) is 17.0 Å². The van der Waals surface area contributed by atoms with E-state index >= 15 is 0 Å². The van der Waals surface area contributed by atoms with Crippen molar-refractivity contribution >= 4 is 27.4 Å². The molecule has 3 aromatic rings. The quantitative estimate of drug-likeness (QED) is 0.600. The molecule has 8 heteroatoms. The Morgan fingerprint density at radius 3 is 2.77 bits per heavy atom. The molecule has 1 N–H and O–H groups in total. The monoisotopic (exact) mass is 434 g/mol. The lowest BCUT2D eigenvalue weighted by atomic mass is 9.98. The van der Waals surface area contributed by atoms with Gasteiger partial charge in [0.15, 0.2) is 0 Å². The van der Waals surface area contributed by atoms with Gasteiger partial charge in [0.05, 0.1) is 11.8 Å².